The third-order valence-corrected chi connectivity index (χ3v) is 2.96. The van der Waals surface area contributed by atoms with Crippen molar-refractivity contribution in [2.75, 3.05) is 13.1 Å². The van der Waals surface area contributed by atoms with Crippen molar-refractivity contribution in [1.29, 1.82) is 0 Å². The van der Waals surface area contributed by atoms with Crippen molar-refractivity contribution in [1.82, 2.24) is 5.32 Å². The summed E-state index contributed by atoms with van der Waals surface area (Å²) in [6, 6.07) is 0. The van der Waals surface area contributed by atoms with Crippen molar-refractivity contribution in [3.63, 3.8) is 0 Å². The molecule has 0 aliphatic carbocycles. The Balaban J connectivity index is 0. The van der Waals surface area contributed by atoms with Gasteiger partial charge in [-0.25, -0.2) is 4.39 Å². The van der Waals surface area contributed by atoms with Gasteiger partial charge in [0.05, 0.1) is 0 Å². The van der Waals surface area contributed by atoms with E-state index >= 15 is 0 Å². The fourth-order valence-electron chi connectivity index (χ4n) is 0.898. The second-order valence-corrected chi connectivity index (χ2v) is 5.19. The molecule has 21 heavy (non-hydrogen) atoms. The monoisotopic (exact) mass is 339 g/mol. The van der Waals surface area contributed by atoms with Crippen LogP contribution >= 0.6 is 0 Å². The van der Waals surface area contributed by atoms with Gasteiger partial charge < -0.3 is 5.32 Å². The Hall–Kier alpha value is -1.00. The second kappa shape index (κ2) is 9.11. The Labute approximate surface area is 120 Å². The first kappa shape index (κ1) is 22.3. The van der Waals surface area contributed by atoms with Crippen LogP contribution in [0.3, 0.4) is 0 Å². The van der Waals surface area contributed by atoms with Crippen molar-refractivity contribution in [3.8, 4) is 0 Å². The Morgan fingerprint density at radius 3 is 1.81 bits per heavy atom. The average molecular weight is 339 g/mol. The molecular formula is C11H18F5NO3S. The van der Waals surface area contributed by atoms with E-state index in [9.17, 15) is 30.4 Å². The number of nitrogens with one attached hydrogen (secondary N) is 1. The molecule has 0 aliphatic heterocycles. The van der Waals surface area contributed by atoms with Crippen LogP contribution < -0.4 is 5.32 Å². The van der Waals surface area contributed by atoms with E-state index in [0.717, 1.165) is 20.0 Å². The van der Waals surface area contributed by atoms with E-state index < -0.39 is 33.9 Å². The van der Waals surface area contributed by atoms with Crippen molar-refractivity contribution >= 4 is 10.1 Å². The largest absolute Gasteiger partial charge is 0.434 e. The number of rotatable bonds is 8. The summed E-state index contributed by atoms with van der Waals surface area (Å²) in [4.78, 5) is 0. The summed E-state index contributed by atoms with van der Waals surface area (Å²) in [5.41, 5.74) is 0. The highest BCUT2D eigenvalue weighted by molar-refractivity contribution is 7.87. The number of hydrogen-bond donors (Lipinski definition) is 2. The van der Waals surface area contributed by atoms with Crippen LogP contribution in [-0.4, -0.2) is 43.4 Å². The quantitative estimate of drug-likeness (QED) is 0.309. The van der Waals surface area contributed by atoms with E-state index in [1.54, 1.807) is 0 Å². The second-order valence-electron chi connectivity index (χ2n) is 3.73. The lowest BCUT2D eigenvalue weighted by atomic mass is 10.2. The van der Waals surface area contributed by atoms with Crippen LogP contribution in [0.15, 0.2) is 25.3 Å². The maximum Gasteiger partial charge on any atom is 0.434 e. The van der Waals surface area contributed by atoms with E-state index in [1.807, 2.05) is 12.2 Å². The first-order chi connectivity index (χ1) is 9.40. The lowest BCUT2D eigenvalue weighted by molar-refractivity contribution is -0.197. The molecule has 0 spiro atoms. The number of halogens is 5. The van der Waals surface area contributed by atoms with E-state index in [-0.39, 0.29) is 0 Å². The van der Waals surface area contributed by atoms with Gasteiger partial charge >= 0.3 is 21.3 Å². The van der Waals surface area contributed by atoms with Crippen molar-refractivity contribution in [2.45, 2.75) is 30.7 Å². The maximum atomic E-state index is 12.4. The predicted octanol–water partition coefficient (Wildman–Crippen LogP) is 2.80. The minimum absolute atomic E-state index is 0.832. The molecular weight excluding hydrogens is 321 g/mol. The van der Waals surface area contributed by atoms with Crippen molar-refractivity contribution < 1.29 is 34.9 Å². The molecule has 0 bridgehead atoms. The standard InChI is InChI=1S/C6H11N.C5H7F5O3S/c1-3-5-7-6-4-2;1-2-3(6)4(7,8)5(9,10)14(11,12)13/h3-4,7H,1-2,5-6H2;3H,2H2,1H3,(H,11,12,13). The van der Waals surface area contributed by atoms with Gasteiger partial charge in [-0.1, -0.05) is 19.1 Å². The third-order valence-electron chi connectivity index (χ3n) is 2.04. The molecule has 0 saturated heterocycles. The van der Waals surface area contributed by atoms with Gasteiger partial charge in [0, 0.05) is 13.1 Å². The summed E-state index contributed by atoms with van der Waals surface area (Å²) in [5.74, 6) is -5.45. The molecule has 0 heterocycles. The van der Waals surface area contributed by atoms with Gasteiger partial charge in [0.2, 0.25) is 0 Å². The lowest BCUT2D eigenvalue weighted by Gasteiger charge is -2.25. The topological polar surface area (TPSA) is 66.4 Å². The molecule has 1 atom stereocenters. The van der Waals surface area contributed by atoms with Crippen LogP contribution in [0.25, 0.3) is 0 Å². The highest BCUT2D eigenvalue weighted by Gasteiger charge is 2.69. The van der Waals surface area contributed by atoms with Crippen LogP contribution in [-0.2, 0) is 10.1 Å². The zero-order chi connectivity index (χ0) is 17.3. The third kappa shape index (κ3) is 6.53. The fraction of sp³-hybridized carbons (Fsp3) is 0.636. The highest BCUT2D eigenvalue weighted by atomic mass is 32.2. The first-order valence-corrected chi connectivity index (χ1v) is 7.13. The molecule has 0 radical (unpaired) electrons. The zero-order valence-electron chi connectivity index (χ0n) is 11.3. The molecule has 0 aromatic heterocycles. The predicted molar refractivity (Wildman–Crippen MR) is 69.9 cm³/mol. The SMILES string of the molecule is C=CCNCC=C.CCC(F)C(F)(F)C(F)(F)S(=O)(=O)O. The van der Waals surface area contributed by atoms with Gasteiger partial charge in [-0.3, -0.25) is 4.55 Å². The molecule has 0 rings (SSSR count). The summed E-state index contributed by atoms with van der Waals surface area (Å²) in [7, 11) is -6.34. The van der Waals surface area contributed by atoms with Crippen LogP contribution in [0.2, 0.25) is 0 Å². The Bertz CT molecular complexity index is 418. The van der Waals surface area contributed by atoms with Gasteiger partial charge in [-0.2, -0.15) is 26.0 Å². The summed E-state index contributed by atoms with van der Waals surface area (Å²) in [6.45, 7) is 9.64. The molecule has 10 heteroatoms. The summed E-state index contributed by atoms with van der Waals surface area (Å²) in [5, 5.41) is -2.78. The Kier molecular flexibility index (Phi) is 9.66. The van der Waals surface area contributed by atoms with Crippen molar-refractivity contribution in [3.05, 3.63) is 25.3 Å². The molecule has 0 fully saturated rings. The fourth-order valence-corrected chi connectivity index (χ4v) is 1.37. The molecule has 0 aromatic carbocycles. The van der Waals surface area contributed by atoms with Crippen LogP contribution in [0.5, 0.6) is 0 Å². The zero-order valence-corrected chi connectivity index (χ0v) is 12.1. The Morgan fingerprint density at radius 1 is 1.19 bits per heavy atom. The van der Waals surface area contributed by atoms with E-state index in [0.29, 0.717) is 0 Å². The smallest absolute Gasteiger partial charge is 0.310 e. The van der Waals surface area contributed by atoms with E-state index in [4.69, 9.17) is 4.55 Å². The molecule has 4 nitrogen and oxygen atoms in total. The number of alkyl halides is 5. The lowest BCUT2D eigenvalue weighted by Crippen LogP contribution is -2.52. The van der Waals surface area contributed by atoms with Crippen LogP contribution in [0.1, 0.15) is 13.3 Å². The van der Waals surface area contributed by atoms with Crippen LogP contribution in [0.4, 0.5) is 22.0 Å². The summed E-state index contributed by atoms with van der Waals surface area (Å²) < 4.78 is 89.4. The minimum atomic E-state index is -6.34. The van der Waals surface area contributed by atoms with Gasteiger partial charge in [0.1, 0.15) is 0 Å². The Morgan fingerprint density at radius 2 is 1.57 bits per heavy atom. The minimum Gasteiger partial charge on any atom is -0.310 e. The van der Waals surface area contributed by atoms with Gasteiger partial charge in [0.15, 0.2) is 6.17 Å². The van der Waals surface area contributed by atoms with Gasteiger partial charge in [-0.05, 0) is 6.42 Å². The summed E-state index contributed by atoms with van der Waals surface area (Å²) in [6.07, 6.45) is -0.704. The maximum absolute atomic E-state index is 12.4. The van der Waals surface area contributed by atoms with Crippen LogP contribution in [0, 0.1) is 0 Å². The first-order valence-electron chi connectivity index (χ1n) is 5.69. The van der Waals surface area contributed by atoms with Gasteiger partial charge in [0.25, 0.3) is 0 Å². The molecule has 0 amide bonds. The molecule has 1 unspecified atom stereocenters. The molecule has 126 valence electrons. The highest BCUT2D eigenvalue weighted by Crippen LogP contribution is 2.42. The van der Waals surface area contributed by atoms with E-state index in [1.165, 1.54) is 0 Å². The summed E-state index contributed by atoms with van der Waals surface area (Å²) >= 11 is 0. The average Bonchev–Trinajstić information content (AvgIpc) is 2.37. The van der Waals surface area contributed by atoms with Crippen molar-refractivity contribution in [2.24, 2.45) is 0 Å². The molecule has 0 aliphatic rings. The van der Waals surface area contributed by atoms with Gasteiger partial charge in [-0.15, -0.1) is 13.2 Å². The molecule has 2 N–H and O–H groups in total. The normalized spacial score (nSPS) is 13.9. The molecule has 0 saturated carbocycles. The number of hydrogen-bond acceptors (Lipinski definition) is 3. The molecule has 0 aromatic rings. The van der Waals surface area contributed by atoms with E-state index in [2.05, 4.69) is 18.5 Å².